The van der Waals surface area contributed by atoms with E-state index in [-0.39, 0.29) is 11.7 Å². The second-order valence-electron chi connectivity index (χ2n) is 4.48. The summed E-state index contributed by atoms with van der Waals surface area (Å²) < 4.78 is 0. The first-order chi connectivity index (χ1) is 9.74. The van der Waals surface area contributed by atoms with Crippen molar-refractivity contribution >= 4 is 11.7 Å². The fraction of sp³-hybridized carbons (Fsp3) is 0.133. The van der Waals surface area contributed by atoms with E-state index in [1.807, 2.05) is 24.3 Å². The highest BCUT2D eigenvalue weighted by atomic mass is 16.6. The van der Waals surface area contributed by atoms with Crippen molar-refractivity contribution in [1.29, 1.82) is 0 Å². The summed E-state index contributed by atoms with van der Waals surface area (Å²) in [5.41, 5.74) is 2.57. The van der Waals surface area contributed by atoms with E-state index in [2.05, 4.69) is 10.1 Å². The molecule has 0 unspecified atom stereocenters. The fourth-order valence-corrected chi connectivity index (χ4v) is 2.10. The standard InChI is InChI=1S/C15H12N2O3/c18-15(19)11-5-3-4-10(8-11)13-9-14(20-17-13)12-6-1-2-7-16-12/h1-8,14H,9H2,(H,18,19)/t14-/m0/s1. The zero-order chi connectivity index (χ0) is 13.9. The van der Waals surface area contributed by atoms with E-state index in [9.17, 15) is 4.79 Å². The normalized spacial score (nSPS) is 17.4. The van der Waals surface area contributed by atoms with E-state index >= 15 is 0 Å². The van der Waals surface area contributed by atoms with Crippen LogP contribution in [0.4, 0.5) is 0 Å². The van der Waals surface area contributed by atoms with Gasteiger partial charge in [-0.15, -0.1) is 0 Å². The van der Waals surface area contributed by atoms with Crippen molar-refractivity contribution in [1.82, 2.24) is 4.98 Å². The Morgan fingerprint density at radius 3 is 2.90 bits per heavy atom. The van der Waals surface area contributed by atoms with Gasteiger partial charge in [-0.3, -0.25) is 4.98 Å². The highest BCUT2D eigenvalue weighted by molar-refractivity contribution is 6.03. The van der Waals surface area contributed by atoms with Gasteiger partial charge in [-0.1, -0.05) is 23.4 Å². The van der Waals surface area contributed by atoms with Gasteiger partial charge in [0.05, 0.1) is 17.0 Å². The maximum Gasteiger partial charge on any atom is 0.335 e. The second-order valence-corrected chi connectivity index (χ2v) is 4.48. The molecule has 1 aromatic carbocycles. The minimum Gasteiger partial charge on any atom is -0.478 e. The van der Waals surface area contributed by atoms with Crippen molar-refractivity contribution in [2.24, 2.45) is 5.16 Å². The summed E-state index contributed by atoms with van der Waals surface area (Å²) in [6.07, 6.45) is 2.08. The smallest absolute Gasteiger partial charge is 0.335 e. The Morgan fingerprint density at radius 2 is 2.15 bits per heavy atom. The molecule has 0 bridgehead atoms. The monoisotopic (exact) mass is 268 g/mol. The molecule has 100 valence electrons. The highest BCUT2D eigenvalue weighted by Gasteiger charge is 2.25. The van der Waals surface area contributed by atoms with Gasteiger partial charge in [0.25, 0.3) is 0 Å². The molecule has 1 N–H and O–H groups in total. The van der Waals surface area contributed by atoms with Crippen molar-refractivity contribution in [2.75, 3.05) is 0 Å². The number of carbonyl (C=O) groups is 1. The van der Waals surface area contributed by atoms with Gasteiger partial charge in [0.2, 0.25) is 0 Å². The maximum absolute atomic E-state index is 11.0. The van der Waals surface area contributed by atoms with Gasteiger partial charge in [0.1, 0.15) is 0 Å². The van der Waals surface area contributed by atoms with Crippen LogP contribution >= 0.6 is 0 Å². The quantitative estimate of drug-likeness (QED) is 0.928. The number of nitrogens with zero attached hydrogens (tertiary/aromatic N) is 2. The van der Waals surface area contributed by atoms with Crippen LogP contribution in [-0.4, -0.2) is 21.8 Å². The second kappa shape index (κ2) is 5.13. The van der Waals surface area contributed by atoms with Crippen LogP contribution in [0.15, 0.2) is 53.8 Å². The molecule has 0 amide bonds. The lowest BCUT2D eigenvalue weighted by atomic mass is 10.0. The van der Waals surface area contributed by atoms with E-state index in [0.717, 1.165) is 17.0 Å². The van der Waals surface area contributed by atoms with Crippen LogP contribution in [0.3, 0.4) is 0 Å². The van der Waals surface area contributed by atoms with Crippen LogP contribution in [-0.2, 0) is 4.84 Å². The van der Waals surface area contributed by atoms with Crippen molar-refractivity contribution < 1.29 is 14.7 Å². The topological polar surface area (TPSA) is 71.8 Å². The molecule has 5 nitrogen and oxygen atoms in total. The molecule has 5 heteroatoms. The molecule has 2 aromatic rings. The molecule has 0 fully saturated rings. The molecule has 2 heterocycles. The minimum absolute atomic E-state index is 0.209. The van der Waals surface area contributed by atoms with Gasteiger partial charge in [-0.2, -0.15) is 0 Å². The SMILES string of the molecule is O=C(O)c1cccc(C2=NO[C@H](c3ccccn3)C2)c1. The lowest BCUT2D eigenvalue weighted by Gasteiger charge is -2.06. The molecule has 1 atom stereocenters. The van der Waals surface area contributed by atoms with Crippen LogP contribution in [0.2, 0.25) is 0 Å². The maximum atomic E-state index is 11.0. The summed E-state index contributed by atoms with van der Waals surface area (Å²) in [5, 5.41) is 13.0. The first kappa shape index (κ1) is 12.3. The third-order valence-corrected chi connectivity index (χ3v) is 3.13. The van der Waals surface area contributed by atoms with Crippen LogP contribution in [0, 0.1) is 0 Å². The average Bonchev–Trinajstić information content (AvgIpc) is 2.98. The number of benzene rings is 1. The predicted molar refractivity (Wildman–Crippen MR) is 72.6 cm³/mol. The molecule has 0 aliphatic carbocycles. The van der Waals surface area contributed by atoms with E-state index in [1.165, 1.54) is 0 Å². The Balaban J connectivity index is 1.80. The number of oxime groups is 1. The van der Waals surface area contributed by atoms with E-state index in [1.54, 1.807) is 24.4 Å². The summed E-state index contributed by atoms with van der Waals surface area (Å²) >= 11 is 0. The number of aromatic carboxylic acids is 1. The number of carboxylic acids is 1. The Bertz CT molecular complexity index is 668. The first-order valence-corrected chi connectivity index (χ1v) is 6.21. The third kappa shape index (κ3) is 2.38. The molecule has 0 saturated heterocycles. The molecule has 20 heavy (non-hydrogen) atoms. The minimum atomic E-state index is -0.951. The van der Waals surface area contributed by atoms with Crippen molar-refractivity contribution in [3.63, 3.8) is 0 Å². The fourth-order valence-electron chi connectivity index (χ4n) is 2.10. The number of rotatable bonds is 3. The van der Waals surface area contributed by atoms with E-state index in [0.29, 0.717) is 6.42 Å². The number of pyridine rings is 1. The number of carboxylic acid groups (broad SMARTS) is 1. The molecule has 0 spiro atoms. The number of aromatic nitrogens is 1. The molecular weight excluding hydrogens is 256 g/mol. The predicted octanol–water partition coefficient (Wildman–Crippen LogP) is 2.65. The molecule has 1 aromatic heterocycles. The summed E-state index contributed by atoms with van der Waals surface area (Å²) in [4.78, 5) is 20.6. The molecule has 3 rings (SSSR count). The Labute approximate surface area is 115 Å². The molecular formula is C15H12N2O3. The number of hydrogen-bond acceptors (Lipinski definition) is 4. The van der Waals surface area contributed by atoms with Gasteiger partial charge in [-0.05, 0) is 24.3 Å². The first-order valence-electron chi connectivity index (χ1n) is 6.21. The zero-order valence-corrected chi connectivity index (χ0v) is 10.6. The summed E-state index contributed by atoms with van der Waals surface area (Å²) in [7, 11) is 0. The van der Waals surface area contributed by atoms with Crippen molar-refractivity contribution in [2.45, 2.75) is 12.5 Å². The van der Waals surface area contributed by atoms with E-state index in [4.69, 9.17) is 9.94 Å². The molecule has 0 radical (unpaired) electrons. The zero-order valence-electron chi connectivity index (χ0n) is 10.6. The molecule has 1 aliphatic heterocycles. The summed E-state index contributed by atoms with van der Waals surface area (Å²) in [6, 6.07) is 12.3. The Hall–Kier alpha value is -2.69. The molecule has 1 aliphatic rings. The van der Waals surface area contributed by atoms with Crippen LogP contribution in [0.5, 0.6) is 0 Å². The average molecular weight is 268 g/mol. The number of hydrogen-bond donors (Lipinski definition) is 1. The molecule has 0 saturated carbocycles. The van der Waals surface area contributed by atoms with Gasteiger partial charge >= 0.3 is 5.97 Å². The van der Waals surface area contributed by atoms with Gasteiger partial charge in [0.15, 0.2) is 6.10 Å². The Kier molecular flexibility index (Phi) is 3.16. The van der Waals surface area contributed by atoms with E-state index < -0.39 is 5.97 Å². The lowest BCUT2D eigenvalue weighted by molar-refractivity contribution is 0.0697. The van der Waals surface area contributed by atoms with Gasteiger partial charge in [-0.25, -0.2) is 4.79 Å². The van der Waals surface area contributed by atoms with Gasteiger partial charge < -0.3 is 9.94 Å². The largest absolute Gasteiger partial charge is 0.478 e. The third-order valence-electron chi connectivity index (χ3n) is 3.13. The van der Waals surface area contributed by atoms with Gasteiger partial charge in [0, 0.05) is 18.2 Å². The summed E-state index contributed by atoms with van der Waals surface area (Å²) in [5.74, 6) is -0.951. The van der Waals surface area contributed by atoms with Crippen LogP contribution < -0.4 is 0 Å². The highest BCUT2D eigenvalue weighted by Crippen LogP contribution is 2.28. The van der Waals surface area contributed by atoms with Crippen LogP contribution in [0.1, 0.15) is 34.1 Å². The summed E-state index contributed by atoms with van der Waals surface area (Å²) in [6.45, 7) is 0. The Morgan fingerprint density at radius 1 is 1.25 bits per heavy atom. The van der Waals surface area contributed by atoms with Crippen molar-refractivity contribution in [3.8, 4) is 0 Å². The van der Waals surface area contributed by atoms with Crippen LogP contribution in [0.25, 0.3) is 0 Å². The van der Waals surface area contributed by atoms with Crippen molar-refractivity contribution in [3.05, 3.63) is 65.5 Å². The lowest BCUT2D eigenvalue weighted by Crippen LogP contribution is -2.04.